The van der Waals surface area contributed by atoms with Crippen molar-refractivity contribution in [1.29, 1.82) is 0 Å². The fraction of sp³-hybridized carbons (Fsp3) is 0.429. The minimum atomic E-state index is 0.279. The van der Waals surface area contributed by atoms with Gasteiger partial charge in [0.1, 0.15) is 0 Å². The second-order valence-electron chi connectivity index (χ2n) is 4.72. The molecule has 18 heavy (non-hydrogen) atoms. The lowest BCUT2D eigenvalue weighted by Crippen LogP contribution is -2.19. The van der Waals surface area contributed by atoms with Crippen molar-refractivity contribution in [3.8, 4) is 0 Å². The van der Waals surface area contributed by atoms with Gasteiger partial charge in [0.05, 0.1) is 11.4 Å². The van der Waals surface area contributed by atoms with Gasteiger partial charge in [-0.25, -0.2) is 0 Å². The second kappa shape index (κ2) is 5.31. The smallest absolute Gasteiger partial charge is 0.0641 e. The van der Waals surface area contributed by atoms with Gasteiger partial charge in [0.25, 0.3) is 0 Å². The number of aromatic nitrogens is 3. The van der Waals surface area contributed by atoms with Crippen molar-refractivity contribution < 1.29 is 0 Å². The first-order valence-electron chi connectivity index (χ1n) is 6.22. The Morgan fingerprint density at radius 3 is 2.72 bits per heavy atom. The molecule has 0 amide bonds. The first-order valence-corrected chi connectivity index (χ1v) is 6.22. The Bertz CT molecular complexity index is 530. The largest absolute Gasteiger partial charge is 0.304 e. The van der Waals surface area contributed by atoms with Gasteiger partial charge in [-0.15, -0.1) is 0 Å². The van der Waals surface area contributed by atoms with Crippen LogP contribution < -0.4 is 5.32 Å². The van der Waals surface area contributed by atoms with Crippen molar-refractivity contribution >= 4 is 0 Å². The van der Waals surface area contributed by atoms with Crippen LogP contribution in [0.3, 0.4) is 0 Å². The van der Waals surface area contributed by atoms with E-state index in [2.05, 4.69) is 28.5 Å². The number of hydrogen-bond acceptors (Lipinski definition) is 3. The molecule has 2 heterocycles. The lowest BCUT2D eigenvalue weighted by atomic mass is 10.1. The van der Waals surface area contributed by atoms with Crippen LogP contribution in [0.5, 0.6) is 0 Å². The lowest BCUT2D eigenvalue weighted by molar-refractivity contribution is 0.564. The maximum atomic E-state index is 4.48. The van der Waals surface area contributed by atoms with E-state index in [4.69, 9.17) is 0 Å². The number of nitrogens with zero attached hydrogens (tertiary/aromatic N) is 3. The van der Waals surface area contributed by atoms with E-state index >= 15 is 0 Å². The molecule has 0 radical (unpaired) electrons. The highest BCUT2D eigenvalue weighted by Gasteiger charge is 2.11. The van der Waals surface area contributed by atoms with Crippen LogP contribution >= 0.6 is 0 Å². The van der Waals surface area contributed by atoms with Gasteiger partial charge in [-0.1, -0.05) is 6.07 Å². The predicted molar refractivity (Wildman–Crippen MR) is 72.2 cm³/mol. The molecule has 96 valence electrons. The van der Waals surface area contributed by atoms with E-state index < -0.39 is 0 Å². The third kappa shape index (κ3) is 2.96. The van der Waals surface area contributed by atoms with E-state index in [-0.39, 0.29) is 6.04 Å². The molecule has 2 rings (SSSR count). The Hall–Kier alpha value is -1.68. The Labute approximate surface area is 108 Å². The summed E-state index contributed by atoms with van der Waals surface area (Å²) in [7, 11) is 1.95. The maximum absolute atomic E-state index is 4.48. The van der Waals surface area contributed by atoms with Crippen LogP contribution in [0.4, 0.5) is 0 Å². The number of aryl methyl sites for hydroxylation is 3. The molecule has 0 spiro atoms. The fourth-order valence-corrected chi connectivity index (χ4v) is 2.11. The van der Waals surface area contributed by atoms with E-state index in [1.165, 1.54) is 5.56 Å². The van der Waals surface area contributed by atoms with Gasteiger partial charge in [0.15, 0.2) is 0 Å². The fourth-order valence-electron chi connectivity index (χ4n) is 2.11. The molecule has 0 saturated carbocycles. The zero-order valence-electron chi connectivity index (χ0n) is 11.4. The SMILES string of the molecule is Cc1cccc(CNC(C)c2cn(C)nc2C)n1. The average molecular weight is 244 g/mol. The highest BCUT2D eigenvalue weighted by atomic mass is 15.3. The van der Waals surface area contributed by atoms with Gasteiger partial charge in [-0.2, -0.15) is 5.10 Å². The maximum Gasteiger partial charge on any atom is 0.0641 e. The first kappa shape index (κ1) is 12.8. The molecule has 1 atom stereocenters. The monoisotopic (exact) mass is 244 g/mol. The van der Waals surface area contributed by atoms with Crippen molar-refractivity contribution in [2.75, 3.05) is 0 Å². The normalized spacial score (nSPS) is 12.7. The highest BCUT2D eigenvalue weighted by molar-refractivity contribution is 5.19. The van der Waals surface area contributed by atoms with Gasteiger partial charge < -0.3 is 5.32 Å². The Kier molecular flexibility index (Phi) is 3.77. The molecule has 0 aliphatic heterocycles. The molecule has 0 bridgehead atoms. The Balaban J connectivity index is 2.00. The summed E-state index contributed by atoms with van der Waals surface area (Å²) in [5.41, 5.74) is 4.45. The number of nitrogens with one attached hydrogen (secondary N) is 1. The summed E-state index contributed by atoms with van der Waals surface area (Å²) >= 11 is 0. The molecule has 2 aromatic heterocycles. The summed E-state index contributed by atoms with van der Waals surface area (Å²) in [4.78, 5) is 4.48. The molecule has 4 nitrogen and oxygen atoms in total. The third-order valence-electron chi connectivity index (χ3n) is 3.05. The van der Waals surface area contributed by atoms with Crippen molar-refractivity contribution in [2.24, 2.45) is 7.05 Å². The third-order valence-corrected chi connectivity index (χ3v) is 3.05. The molecule has 0 saturated heterocycles. The molecule has 1 N–H and O–H groups in total. The first-order chi connectivity index (χ1) is 8.56. The van der Waals surface area contributed by atoms with Crippen molar-refractivity contribution in [3.63, 3.8) is 0 Å². The molecule has 0 fully saturated rings. The average Bonchev–Trinajstić information content (AvgIpc) is 2.66. The zero-order chi connectivity index (χ0) is 13.1. The van der Waals surface area contributed by atoms with Crippen LogP contribution in [0.1, 0.15) is 35.6 Å². The molecule has 0 aliphatic carbocycles. The van der Waals surface area contributed by atoms with Crippen LogP contribution in [0.25, 0.3) is 0 Å². The summed E-state index contributed by atoms with van der Waals surface area (Å²) in [6, 6.07) is 6.38. The van der Waals surface area contributed by atoms with Crippen molar-refractivity contribution in [2.45, 2.75) is 33.4 Å². The summed E-state index contributed by atoms with van der Waals surface area (Å²) in [5, 5.41) is 7.84. The minimum absolute atomic E-state index is 0.279. The van der Waals surface area contributed by atoms with Crippen molar-refractivity contribution in [1.82, 2.24) is 20.1 Å². The van der Waals surface area contributed by atoms with Gasteiger partial charge >= 0.3 is 0 Å². The molecule has 2 aromatic rings. The van der Waals surface area contributed by atoms with E-state index in [1.807, 2.05) is 43.8 Å². The molecular formula is C14H20N4. The highest BCUT2D eigenvalue weighted by Crippen LogP contribution is 2.15. The molecular weight excluding hydrogens is 224 g/mol. The van der Waals surface area contributed by atoms with Crippen LogP contribution in [0, 0.1) is 13.8 Å². The molecule has 4 heteroatoms. The summed E-state index contributed by atoms with van der Waals surface area (Å²) in [6.07, 6.45) is 2.07. The van der Waals surface area contributed by atoms with Gasteiger partial charge in [-0.05, 0) is 32.9 Å². The summed E-state index contributed by atoms with van der Waals surface area (Å²) < 4.78 is 1.85. The zero-order valence-corrected chi connectivity index (χ0v) is 11.4. The number of hydrogen-bond donors (Lipinski definition) is 1. The summed E-state index contributed by atoms with van der Waals surface area (Å²) in [6.45, 7) is 6.98. The number of pyridine rings is 1. The van der Waals surface area contributed by atoms with Crippen LogP contribution in [0.15, 0.2) is 24.4 Å². The molecule has 0 aliphatic rings. The van der Waals surface area contributed by atoms with Gasteiger partial charge in [0, 0.05) is 37.1 Å². The van der Waals surface area contributed by atoms with Crippen LogP contribution in [-0.4, -0.2) is 14.8 Å². The van der Waals surface area contributed by atoms with E-state index in [0.29, 0.717) is 0 Å². The minimum Gasteiger partial charge on any atom is -0.304 e. The van der Waals surface area contributed by atoms with E-state index in [0.717, 1.165) is 23.6 Å². The predicted octanol–water partition coefficient (Wildman–Crippen LogP) is 2.28. The molecule has 1 unspecified atom stereocenters. The van der Waals surface area contributed by atoms with Gasteiger partial charge in [-0.3, -0.25) is 9.67 Å². The van der Waals surface area contributed by atoms with E-state index in [1.54, 1.807) is 0 Å². The van der Waals surface area contributed by atoms with Crippen LogP contribution in [-0.2, 0) is 13.6 Å². The van der Waals surface area contributed by atoms with Crippen LogP contribution in [0.2, 0.25) is 0 Å². The quantitative estimate of drug-likeness (QED) is 0.897. The van der Waals surface area contributed by atoms with E-state index in [9.17, 15) is 0 Å². The standard InChI is InChI=1S/C14H20N4/c1-10-6-5-7-13(16-10)8-15-11(2)14-9-18(4)17-12(14)3/h5-7,9,11,15H,8H2,1-4H3. The topological polar surface area (TPSA) is 42.7 Å². The second-order valence-corrected chi connectivity index (χ2v) is 4.72. The Morgan fingerprint density at radius 1 is 1.33 bits per heavy atom. The van der Waals surface area contributed by atoms with Crippen molar-refractivity contribution in [3.05, 3.63) is 47.0 Å². The lowest BCUT2D eigenvalue weighted by Gasteiger charge is -2.12. The Morgan fingerprint density at radius 2 is 2.11 bits per heavy atom. The molecule has 0 aromatic carbocycles. The summed E-state index contributed by atoms with van der Waals surface area (Å²) in [5.74, 6) is 0. The van der Waals surface area contributed by atoms with Gasteiger partial charge in [0.2, 0.25) is 0 Å². The number of rotatable bonds is 4.